The highest BCUT2D eigenvalue weighted by atomic mass is 16.4. The molecule has 3 aromatic rings. The van der Waals surface area contributed by atoms with E-state index < -0.39 is 11.4 Å². The molecule has 3 unspecified atom stereocenters. The first-order valence-corrected chi connectivity index (χ1v) is 17.4. The van der Waals surface area contributed by atoms with Gasteiger partial charge in [0.05, 0.1) is 16.8 Å². The maximum atomic E-state index is 13.1. The molecule has 45 heavy (non-hydrogen) atoms. The van der Waals surface area contributed by atoms with Crippen LogP contribution in [0.25, 0.3) is 17.0 Å². The van der Waals surface area contributed by atoms with Crippen LogP contribution < -0.4 is 0 Å². The van der Waals surface area contributed by atoms with Crippen LogP contribution in [-0.4, -0.2) is 35.6 Å². The molecule has 0 radical (unpaired) electrons. The Morgan fingerprint density at radius 2 is 1.82 bits per heavy atom. The number of rotatable bonds is 2. The molecule has 3 aromatic heterocycles. The van der Waals surface area contributed by atoms with Crippen LogP contribution in [0.2, 0.25) is 0 Å². The van der Waals surface area contributed by atoms with E-state index in [-0.39, 0.29) is 27.6 Å². The SMILES string of the molecule is C[C@@H]1CC[C@]2(C(=O)O)CC[C@]3(C)C(=CCC4[C@@]5(C)Cc6c(nc7ncnn7c6-c6cccnc6)C(C)(C)C5CC[C@]43C)C2[C@H]1C. The number of aliphatic carboxylic acids is 1. The van der Waals surface area contributed by atoms with Crippen molar-refractivity contribution < 1.29 is 9.90 Å². The third-order valence-electron chi connectivity index (χ3n) is 15.2. The van der Waals surface area contributed by atoms with Gasteiger partial charge in [-0.2, -0.15) is 14.6 Å². The Kier molecular flexibility index (Phi) is 6.03. The number of nitrogens with zero attached hydrogens (tertiary/aromatic N) is 5. The lowest BCUT2D eigenvalue weighted by atomic mass is 9.33. The lowest BCUT2D eigenvalue weighted by molar-refractivity contribution is -0.179. The van der Waals surface area contributed by atoms with Crippen LogP contribution in [-0.2, 0) is 16.6 Å². The summed E-state index contributed by atoms with van der Waals surface area (Å²) < 4.78 is 1.93. The molecule has 3 heterocycles. The zero-order valence-corrected chi connectivity index (χ0v) is 28.1. The maximum Gasteiger partial charge on any atom is 0.310 e. The lowest BCUT2D eigenvalue weighted by Gasteiger charge is -2.70. The van der Waals surface area contributed by atoms with Gasteiger partial charge < -0.3 is 5.11 Å². The van der Waals surface area contributed by atoms with Gasteiger partial charge in [-0.1, -0.05) is 60.1 Å². The molecule has 9 atom stereocenters. The average Bonchev–Trinajstić information content (AvgIpc) is 3.47. The third kappa shape index (κ3) is 3.51. The predicted molar refractivity (Wildman–Crippen MR) is 174 cm³/mol. The fourth-order valence-electron chi connectivity index (χ4n) is 12.6. The number of allylic oxidation sites excluding steroid dienone is 2. The quantitative estimate of drug-likeness (QED) is 0.297. The van der Waals surface area contributed by atoms with Crippen molar-refractivity contribution in [1.82, 2.24) is 24.6 Å². The van der Waals surface area contributed by atoms with Crippen molar-refractivity contribution in [2.75, 3.05) is 0 Å². The molecule has 0 bridgehead atoms. The van der Waals surface area contributed by atoms with Crippen molar-refractivity contribution in [1.29, 1.82) is 0 Å². The summed E-state index contributed by atoms with van der Waals surface area (Å²) in [6, 6.07) is 4.14. The van der Waals surface area contributed by atoms with Gasteiger partial charge in [-0.25, -0.2) is 4.98 Å². The molecular formula is C38H49N5O2. The van der Waals surface area contributed by atoms with Gasteiger partial charge in [-0.3, -0.25) is 9.78 Å². The minimum absolute atomic E-state index is 0.0104. The van der Waals surface area contributed by atoms with E-state index in [0.29, 0.717) is 29.4 Å². The summed E-state index contributed by atoms with van der Waals surface area (Å²) >= 11 is 0. The largest absolute Gasteiger partial charge is 0.481 e. The molecule has 0 amide bonds. The minimum Gasteiger partial charge on any atom is -0.481 e. The first-order chi connectivity index (χ1) is 21.3. The molecule has 5 aliphatic carbocycles. The second-order valence-electron chi connectivity index (χ2n) is 17.0. The van der Waals surface area contributed by atoms with Crippen molar-refractivity contribution in [2.24, 2.45) is 51.2 Å². The first-order valence-electron chi connectivity index (χ1n) is 17.4. The second-order valence-corrected chi connectivity index (χ2v) is 17.0. The normalized spacial score (nSPS) is 41.6. The molecule has 5 aliphatic rings. The fraction of sp³-hybridized carbons (Fsp3) is 0.658. The molecule has 0 aromatic carbocycles. The molecule has 3 fully saturated rings. The standard InChI is InChI=1S/C38H49N5O2/c1-22-12-15-38(32(44)45)17-16-36(6)26(29(38)23(22)2)10-11-28-35(5)19-25-30(24-9-8-18-39-20-24)43-33(40-21-41-43)42-31(25)34(3,4)27(35)13-14-37(28,36)7/h8-10,18,20-23,27-29H,11-17,19H2,1-7H3,(H,44,45)/t22-,23+,27?,28?,29?,35+,36-,37-,38+/m1/s1. The Morgan fingerprint density at radius 1 is 1.02 bits per heavy atom. The van der Waals surface area contributed by atoms with Crippen molar-refractivity contribution in [3.05, 3.63) is 53.8 Å². The van der Waals surface area contributed by atoms with Crippen LogP contribution in [0.4, 0.5) is 0 Å². The number of carboxylic acid groups (broad SMARTS) is 1. The molecule has 0 spiro atoms. The predicted octanol–water partition coefficient (Wildman–Crippen LogP) is 7.94. The maximum absolute atomic E-state index is 13.1. The van der Waals surface area contributed by atoms with Gasteiger partial charge >= 0.3 is 5.97 Å². The van der Waals surface area contributed by atoms with E-state index in [4.69, 9.17) is 4.98 Å². The molecule has 0 saturated heterocycles. The number of carboxylic acids is 1. The Bertz CT molecular complexity index is 1750. The number of fused-ring (bicyclic) bond motifs is 9. The average molecular weight is 608 g/mol. The first kappa shape index (κ1) is 29.3. The van der Waals surface area contributed by atoms with E-state index >= 15 is 0 Å². The molecule has 7 heteroatoms. The Balaban J connectivity index is 1.30. The minimum atomic E-state index is -0.610. The van der Waals surface area contributed by atoms with Crippen LogP contribution in [0.3, 0.4) is 0 Å². The monoisotopic (exact) mass is 607 g/mol. The van der Waals surface area contributed by atoms with Gasteiger partial charge in [0.1, 0.15) is 6.33 Å². The van der Waals surface area contributed by atoms with E-state index in [2.05, 4.69) is 75.7 Å². The number of carbonyl (C=O) groups is 1. The number of hydrogen-bond acceptors (Lipinski definition) is 5. The van der Waals surface area contributed by atoms with Gasteiger partial charge in [-0.05, 0) is 109 Å². The van der Waals surface area contributed by atoms with Gasteiger partial charge in [0.15, 0.2) is 0 Å². The Hall–Kier alpha value is -3.09. The molecular weight excluding hydrogens is 558 g/mol. The van der Waals surface area contributed by atoms with Crippen molar-refractivity contribution in [2.45, 2.75) is 105 Å². The van der Waals surface area contributed by atoms with Crippen LogP contribution in [0.15, 0.2) is 42.5 Å². The summed E-state index contributed by atoms with van der Waals surface area (Å²) in [4.78, 5) is 27.4. The number of pyridine rings is 1. The third-order valence-corrected chi connectivity index (χ3v) is 15.2. The number of hydrogen-bond donors (Lipinski definition) is 1. The van der Waals surface area contributed by atoms with Gasteiger partial charge in [0, 0.05) is 28.9 Å². The summed E-state index contributed by atoms with van der Waals surface area (Å²) in [7, 11) is 0. The highest BCUT2D eigenvalue weighted by Gasteiger charge is 2.69. The zero-order valence-electron chi connectivity index (χ0n) is 28.1. The van der Waals surface area contributed by atoms with Crippen LogP contribution in [0, 0.1) is 51.2 Å². The fourth-order valence-corrected chi connectivity index (χ4v) is 12.6. The lowest BCUT2D eigenvalue weighted by Crippen LogP contribution is -2.65. The number of aromatic nitrogens is 5. The summed E-state index contributed by atoms with van der Waals surface area (Å²) in [5.74, 6) is 2.11. The van der Waals surface area contributed by atoms with Gasteiger partial charge in [0.2, 0.25) is 0 Å². The van der Waals surface area contributed by atoms with E-state index in [1.807, 2.05) is 23.0 Å². The van der Waals surface area contributed by atoms with Crippen LogP contribution in [0.1, 0.15) is 105 Å². The summed E-state index contributed by atoms with van der Waals surface area (Å²) in [6.07, 6.45) is 15.9. The molecule has 8 rings (SSSR count). The molecule has 3 saturated carbocycles. The van der Waals surface area contributed by atoms with Crippen LogP contribution >= 0.6 is 0 Å². The van der Waals surface area contributed by atoms with Crippen molar-refractivity contribution in [3.8, 4) is 11.3 Å². The highest BCUT2D eigenvalue weighted by Crippen LogP contribution is 2.75. The van der Waals surface area contributed by atoms with Gasteiger partial charge in [-0.15, -0.1) is 0 Å². The Morgan fingerprint density at radius 3 is 2.56 bits per heavy atom. The summed E-state index contributed by atoms with van der Waals surface area (Å²) in [5.41, 5.74) is 5.44. The van der Waals surface area contributed by atoms with Crippen molar-refractivity contribution >= 4 is 11.7 Å². The zero-order chi connectivity index (χ0) is 31.7. The Labute approximate surface area is 267 Å². The molecule has 1 N–H and O–H groups in total. The van der Waals surface area contributed by atoms with E-state index in [1.165, 1.54) is 23.3 Å². The topological polar surface area (TPSA) is 93.3 Å². The molecule has 0 aliphatic heterocycles. The van der Waals surface area contributed by atoms with E-state index in [1.54, 1.807) is 6.33 Å². The molecule has 7 nitrogen and oxygen atoms in total. The van der Waals surface area contributed by atoms with Crippen LogP contribution in [0.5, 0.6) is 0 Å². The summed E-state index contributed by atoms with van der Waals surface area (Å²) in [6.45, 7) is 17.3. The molecule has 238 valence electrons. The van der Waals surface area contributed by atoms with Gasteiger partial charge in [0.25, 0.3) is 5.78 Å². The smallest absolute Gasteiger partial charge is 0.310 e. The summed E-state index contributed by atoms with van der Waals surface area (Å²) in [5, 5.41) is 15.4. The van der Waals surface area contributed by atoms with Crippen molar-refractivity contribution in [3.63, 3.8) is 0 Å². The van der Waals surface area contributed by atoms with E-state index in [0.717, 1.165) is 56.2 Å². The van der Waals surface area contributed by atoms with E-state index in [9.17, 15) is 9.90 Å². The second kappa shape index (κ2) is 9.25. The highest BCUT2D eigenvalue weighted by molar-refractivity contribution is 5.77.